The largest absolute Gasteiger partial charge is 2.00 e. The Labute approximate surface area is 264 Å². The van der Waals surface area contributed by atoms with Gasteiger partial charge in [-0.1, -0.05) is 23.9 Å². The second kappa shape index (κ2) is 21.0. The summed E-state index contributed by atoms with van der Waals surface area (Å²) >= 11 is 0. The van der Waals surface area contributed by atoms with E-state index < -0.39 is 25.0 Å². The van der Waals surface area contributed by atoms with Gasteiger partial charge >= 0.3 is 40.6 Å². The van der Waals surface area contributed by atoms with Crippen LogP contribution in [-0.4, -0.2) is 55.0 Å². The van der Waals surface area contributed by atoms with E-state index in [1.165, 1.54) is 4.37 Å². The second-order valence-corrected chi connectivity index (χ2v) is 7.35. The van der Waals surface area contributed by atoms with Crippen molar-refractivity contribution in [3.05, 3.63) is 72.6 Å². The van der Waals surface area contributed by atoms with Gasteiger partial charge in [-0.25, -0.2) is 9.97 Å². The van der Waals surface area contributed by atoms with Gasteiger partial charge < -0.3 is 43.9 Å². The van der Waals surface area contributed by atoms with Crippen LogP contribution in [0.3, 0.4) is 0 Å². The van der Waals surface area contributed by atoms with E-state index in [1.54, 1.807) is 31.5 Å². The molecule has 0 aliphatic rings. The molecule has 0 aliphatic heterocycles. The van der Waals surface area contributed by atoms with Gasteiger partial charge in [0.15, 0.2) is 21.1 Å². The van der Waals surface area contributed by atoms with E-state index in [0.29, 0.717) is 40.9 Å². The fourth-order valence-corrected chi connectivity index (χ4v) is 3.05. The van der Waals surface area contributed by atoms with Gasteiger partial charge in [-0.05, 0) is 29.9 Å². The smallest absolute Gasteiger partial charge is 0.840 e. The van der Waals surface area contributed by atoms with Gasteiger partial charge in [0.05, 0.1) is 0 Å². The summed E-state index contributed by atoms with van der Waals surface area (Å²) in [6, 6.07) is 10.8. The van der Waals surface area contributed by atoms with Crippen molar-refractivity contribution in [2.24, 2.45) is 14.1 Å². The van der Waals surface area contributed by atoms with Gasteiger partial charge in [0.2, 0.25) is 0 Å². The number of carbonyl (C=O) groups excluding carboxylic acids is 4. The molecule has 0 amide bonds. The molecule has 1 radical (unpaired) electrons. The number of nitrogens with zero attached hydrogens (tertiary/aromatic N) is 6. The van der Waals surface area contributed by atoms with Gasteiger partial charge in [-0.2, -0.15) is 0 Å². The Balaban J connectivity index is 0. The Hall–Kier alpha value is -4.80. The Morgan fingerprint density at radius 3 is 1.35 bits per heavy atom. The van der Waals surface area contributed by atoms with E-state index in [-0.39, 0.29) is 34.1 Å². The summed E-state index contributed by atoms with van der Waals surface area (Å²) < 4.78 is 12.5. The number of aromatic nitrogens is 6. The fraction of sp³-hybridized carbons (Fsp3) is 0.167. The minimum absolute atomic E-state index is 0. The predicted molar refractivity (Wildman–Crippen MR) is 128 cm³/mol. The number of carboxylic acid groups (broad SMARTS) is 3. The van der Waals surface area contributed by atoms with Crippen LogP contribution in [-0.2, 0) is 73.0 Å². The molecule has 5 aromatic heterocycles. The number of carbonyl (C=O) groups is 4. The summed E-state index contributed by atoms with van der Waals surface area (Å²) in [5.41, 5.74) is 0.493. The summed E-state index contributed by atoms with van der Waals surface area (Å²) in [4.78, 5) is 51.7. The van der Waals surface area contributed by atoms with Crippen molar-refractivity contribution in [3.63, 3.8) is 0 Å². The third-order valence-corrected chi connectivity index (χ3v) is 4.80. The molecule has 0 N–H and O–H groups in total. The van der Waals surface area contributed by atoms with Gasteiger partial charge in [-0.15, -0.1) is 0 Å². The average molecular weight is 699 g/mol. The van der Waals surface area contributed by atoms with E-state index in [0.717, 1.165) is 0 Å². The molecule has 17 nitrogen and oxygen atoms in total. The molecule has 5 aromatic rings. The zero-order valence-electron chi connectivity index (χ0n) is 22.4. The first-order valence-electron chi connectivity index (χ1n) is 11.0. The van der Waals surface area contributed by atoms with Crippen LogP contribution in [0.4, 0.5) is 0 Å². The van der Waals surface area contributed by atoms with E-state index in [9.17, 15) is 9.90 Å². The van der Waals surface area contributed by atoms with Crippen molar-refractivity contribution in [2.75, 3.05) is 0 Å². The van der Waals surface area contributed by atoms with Crippen molar-refractivity contribution in [1.82, 2.24) is 29.1 Å². The first-order valence-corrected chi connectivity index (χ1v) is 11.0. The standard InChI is InChI=1S/C20H19N6O.CHO4.3CH2O2.2Cu/c1-20(27,16-8-4-6-14(23-16)18-21-10-12-25(18)2)17-9-5-7-15(24-17)19-22-11-13-26(19)3;2-1-5-3-4-5;3*2-1-3;;/h4-13H,1-3H3;1H;3*1H,(H,2,3);;/q-1;+1;;;;+1;+2/p-3. The van der Waals surface area contributed by atoms with Crippen LogP contribution in [0, 0.1) is 0 Å². The SMILES string of the molecule is Cn1ccnc1-c1cccc(C(C)([O-])c2cccc(-c3nccn3C)n2)n1.O=C[O-].O=C[O-].O=C[O-].O=C[o+]1oo1.[Cu+2].[Cu+]. The maximum absolute atomic E-state index is 13.5. The molecule has 0 saturated carbocycles. The minimum Gasteiger partial charge on any atom is -0.840 e. The molecular weight excluding hydrogens is 675 g/mol. The Kier molecular flexibility index (Phi) is 19.7. The maximum atomic E-state index is 13.5. The van der Waals surface area contributed by atoms with Crippen molar-refractivity contribution in [3.8, 4) is 23.0 Å². The summed E-state index contributed by atoms with van der Waals surface area (Å²) in [5.74, 6) is 1.42. The quantitative estimate of drug-likeness (QED) is 0.0778. The number of pyridine rings is 2. The van der Waals surface area contributed by atoms with Crippen LogP contribution in [0.2, 0.25) is 0 Å². The molecule has 0 bridgehead atoms. The Bertz CT molecular complexity index is 1380. The summed E-state index contributed by atoms with van der Waals surface area (Å²) in [7, 11) is 3.79. The van der Waals surface area contributed by atoms with Gasteiger partial charge in [0.25, 0.3) is 0 Å². The second-order valence-electron chi connectivity index (χ2n) is 7.35. The van der Waals surface area contributed by atoms with Crippen LogP contribution in [0.5, 0.6) is 0 Å². The van der Waals surface area contributed by atoms with Crippen molar-refractivity contribution in [2.45, 2.75) is 12.5 Å². The summed E-state index contributed by atoms with van der Waals surface area (Å²) in [6.07, 6.45) is 7.10. The molecule has 0 fully saturated rings. The zero-order chi connectivity index (χ0) is 30.8. The first kappa shape index (κ1) is 40.3. The molecule has 0 saturated heterocycles. The molecule has 43 heavy (non-hydrogen) atoms. The molecular formula is C24H23Cu2N6O11. The van der Waals surface area contributed by atoms with Crippen molar-refractivity contribution in [1.29, 1.82) is 0 Å². The topological polar surface area (TPSA) is 251 Å². The molecule has 0 atom stereocenters. The number of imidazole rings is 2. The zero-order valence-corrected chi connectivity index (χ0v) is 24.2. The average Bonchev–Trinajstić information content (AvgIpc) is 3.56. The molecule has 19 heteroatoms. The molecule has 0 spiro atoms. The van der Waals surface area contributed by atoms with Gasteiger partial charge in [0.1, 0.15) is 11.4 Å². The molecule has 0 aromatic carbocycles. The molecule has 5 rings (SSSR count). The third-order valence-electron chi connectivity index (χ3n) is 4.80. The molecule has 0 unspecified atom stereocenters. The number of rotatable bonds is 5. The van der Waals surface area contributed by atoms with E-state index in [1.807, 2.05) is 59.9 Å². The van der Waals surface area contributed by atoms with Crippen LogP contribution < -0.4 is 20.4 Å². The third kappa shape index (κ3) is 12.7. The number of aryl methyl sites for hydroxylation is 2. The molecule has 5 heterocycles. The van der Waals surface area contributed by atoms with Crippen LogP contribution >= 0.6 is 0 Å². The molecule has 237 valence electrons. The van der Waals surface area contributed by atoms with Crippen molar-refractivity contribution >= 4 is 25.9 Å². The minimum atomic E-state index is -1.61. The molecule has 0 aliphatic carbocycles. The van der Waals surface area contributed by atoms with E-state index >= 15 is 0 Å². The normalized spacial score (nSPS) is 9.21. The van der Waals surface area contributed by atoms with E-state index in [4.69, 9.17) is 29.7 Å². The summed E-state index contributed by atoms with van der Waals surface area (Å²) in [5, 5.41) is 38.3. The van der Waals surface area contributed by atoms with Gasteiger partial charge in [-0.3, -0.25) is 9.97 Å². The van der Waals surface area contributed by atoms with Crippen LogP contribution in [0.15, 0.2) is 75.0 Å². The first-order chi connectivity index (χ1) is 19.6. The Morgan fingerprint density at radius 2 is 1.12 bits per heavy atom. The fourth-order valence-electron chi connectivity index (χ4n) is 3.05. The monoisotopic (exact) mass is 697 g/mol. The number of hydrogen-bond acceptors (Lipinski definition) is 14. The predicted octanol–water partition coefficient (Wildman–Crippen LogP) is -2.81. The van der Waals surface area contributed by atoms with Crippen LogP contribution in [0.25, 0.3) is 23.0 Å². The van der Waals surface area contributed by atoms with E-state index in [2.05, 4.69) is 29.4 Å². The van der Waals surface area contributed by atoms with Crippen molar-refractivity contribution < 1.29 is 87.6 Å². The van der Waals surface area contributed by atoms with Crippen LogP contribution in [0.1, 0.15) is 18.3 Å². The van der Waals surface area contributed by atoms with Gasteiger partial charge in [0, 0.05) is 74.1 Å². The maximum Gasteiger partial charge on any atom is 2.00 e. The summed E-state index contributed by atoms with van der Waals surface area (Å²) in [6.45, 7) is 0.419. The number of hydrogen-bond donors (Lipinski definition) is 0. The Morgan fingerprint density at radius 1 is 0.767 bits per heavy atom.